The van der Waals surface area contributed by atoms with Crippen LogP contribution in [0.5, 0.6) is 0 Å². The van der Waals surface area contributed by atoms with Crippen LogP contribution >= 0.6 is 0 Å². The number of aromatic nitrogens is 3. The van der Waals surface area contributed by atoms with E-state index in [1.165, 1.54) is 0 Å². The van der Waals surface area contributed by atoms with E-state index in [-0.39, 0.29) is 0 Å². The summed E-state index contributed by atoms with van der Waals surface area (Å²) in [5.41, 5.74) is 0.809. The third-order valence-electron chi connectivity index (χ3n) is 2.51. The second kappa shape index (κ2) is 6.53. The van der Waals surface area contributed by atoms with Crippen LogP contribution in [-0.2, 0) is 11.3 Å². The van der Waals surface area contributed by atoms with Crippen LogP contribution in [0.1, 0.15) is 6.92 Å². The molecule has 0 bridgehead atoms. The molecule has 0 radical (unpaired) electrons. The predicted octanol–water partition coefficient (Wildman–Crippen LogP) is 1.69. The van der Waals surface area contributed by atoms with Gasteiger partial charge in [-0.2, -0.15) is 0 Å². The topological polar surface area (TPSA) is 69.0 Å². The fourth-order valence-corrected chi connectivity index (χ4v) is 1.68. The molecule has 2 aromatic heterocycles. The van der Waals surface area contributed by atoms with Crippen LogP contribution in [-0.4, -0.2) is 33.8 Å². The summed E-state index contributed by atoms with van der Waals surface area (Å²) in [4.78, 5) is 19.7. The Bertz CT molecular complexity index is 524. The molecule has 6 heteroatoms. The molecule has 2 heterocycles. The summed E-state index contributed by atoms with van der Waals surface area (Å²) >= 11 is 0. The van der Waals surface area contributed by atoms with Crippen molar-refractivity contribution in [2.24, 2.45) is 0 Å². The van der Waals surface area contributed by atoms with Gasteiger partial charge in [0.2, 0.25) is 0 Å². The second-order valence-electron chi connectivity index (χ2n) is 3.81. The summed E-state index contributed by atoms with van der Waals surface area (Å²) in [5, 5.41) is 2.67. The molecule has 0 aliphatic heterocycles. The van der Waals surface area contributed by atoms with Crippen molar-refractivity contribution in [1.29, 1.82) is 0 Å². The highest BCUT2D eigenvalue weighted by Gasteiger charge is 2.07. The Morgan fingerprint density at radius 2 is 2.26 bits per heavy atom. The van der Waals surface area contributed by atoms with Crippen LogP contribution in [0.25, 0.3) is 11.5 Å². The normalized spacial score (nSPS) is 10.2. The van der Waals surface area contributed by atoms with Crippen LogP contribution in [0.2, 0.25) is 0 Å². The van der Waals surface area contributed by atoms with E-state index in [0.29, 0.717) is 19.7 Å². The highest BCUT2D eigenvalue weighted by Crippen LogP contribution is 2.13. The molecule has 0 saturated heterocycles. The number of imidazole rings is 1. The Morgan fingerprint density at radius 3 is 3.00 bits per heavy atom. The summed E-state index contributed by atoms with van der Waals surface area (Å²) in [6, 6.07) is 5.68. The number of carbonyl (C=O) groups excluding carboxylic acids is 1. The van der Waals surface area contributed by atoms with Gasteiger partial charge >= 0.3 is 6.09 Å². The molecule has 19 heavy (non-hydrogen) atoms. The van der Waals surface area contributed by atoms with E-state index in [0.717, 1.165) is 11.5 Å². The number of pyridine rings is 1. The average molecular weight is 260 g/mol. The first-order valence-corrected chi connectivity index (χ1v) is 6.14. The van der Waals surface area contributed by atoms with Gasteiger partial charge in [-0.3, -0.25) is 4.98 Å². The van der Waals surface area contributed by atoms with Gasteiger partial charge in [0, 0.05) is 31.7 Å². The van der Waals surface area contributed by atoms with Crippen molar-refractivity contribution in [2.75, 3.05) is 13.2 Å². The Kier molecular flexibility index (Phi) is 4.49. The largest absolute Gasteiger partial charge is 0.450 e. The smallest absolute Gasteiger partial charge is 0.407 e. The Hall–Kier alpha value is -2.37. The molecule has 0 aliphatic rings. The van der Waals surface area contributed by atoms with E-state index in [9.17, 15) is 4.79 Å². The van der Waals surface area contributed by atoms with Crippen molar-refractivity contribution in [3.8, 4) is 11.5 Å². The van der Waals surface area contributed by atoms with Gasteiger partial charge in [-0.1, -0.05) is 6.07 Å². The van der Waals surface area contributed by atoms with E-state index in [1.807, 2.05) is 29.0 Å². The molecule has 0 aromatic carbocycles. The number of carbonyl (C=O) groups is 1. The Labute approximate surface area is 111 Å². The zero-order valence-corrected chi connectivity index (χ0v) is 10.7. The fraction of sp³-hybridized carbons (Fsp3) is 0.308. The van der Waals surface area contributed by atoms with Gasteiger partial charge in [-0.15, -0.1) is 0 Å². The summed E-state index contributed by atoms with van der Waals surface area (Å²) in [7, 11) is 0. The van der Waals surface area contributed by atoms with Gasteiger partial charge in [0.25, 0.3) is 0 Å². The number of alkyl carbamates (subject to hydrolysis) is 1. The molecule has 1 amide bonds. The average Bonchev–Trinajstić information content (AvgIpc) is 2.88. The van der Waals surface area contributed by atoms with Crippen LogP contribution in [0, 0.1) is 0 Å². The second-order valence-corrected chi connectivity index (χ2v) is 3.81. The molecule has 0 fully saturated rings. The molecule has 2 aromatic rings. The Balaban J connectivity index is 1.95. The number of nitrogens with one attached hydrogen (secondary N) is 1. The van der Waals surface area contributed by atoms with Crippen molar-refractivity contribution in [3.05, 3.63) is 36.8 Å². The maximum atomic E-state index is 11.2. The molecule has 0 atom stereocenters. The van der Waals surface area contributed by atoms with Crippen molar-refractivity contribution in [2.45, 2.75) is 13.5 Å². The van der Waals surface area contributed by atoms with Crippen LogP contribution in [0.15, 0.2) is 36.8 Å². The molecule has 2 rings (SSSR count). The zero-order valence-electron chi connectivity index (χ0n) is 10.7. The molecule has 100 valence electrons. The van der Waals surface area contributed by atoms with Crippen LogP contribution in [0.3, 0.4) is 0 Å². The van der Waals surface area contributed by atoms with Crippen molar-refractivity contribution >= 4 is 6.09 Å². The predicted molar refractivity (Wildman–Crippen MR) is 70.5 cm³/mol. The van der Waals surface area contributed by atoms with Gasteiger partial charge in [-0.05, 0) is 19.1 Å². The van der Waals surface area contributed by atoms with E-state index >= 15 is 0 Å². The molecule has 0 spiro atoms. The zero-order chi connectivity index (χ0) is 13.5. The first kappa shape index (κ1) is 13.1. The number of hydrogen-bond acceptors (Lipinski definition) is 4. The van der Waals surface area contributed by atoms with E-state index in [4.69, 9.17) is 4.74 Å². The minimum Gasteiger partial charge on any atom is -0.450 e. The maximum Gasteiger partial charge on any atom is 0.407 e. The van der Waals surface area contributed by atoms with Gasteiger partial charge in [0.05, 0.1) is 6.61 Å². The van der Waals surface area contributed by atoms with Gasteiger partial charge in [0.1, 0.15) is 5.69 Å². The molecule has 0 saturated carbocycles. The third-order valence-corrected chi connectivity index (χ3v) is 2.51. The SMILES string of the molecule is CCOC(=O)NCCn1ccnc1-c1ccccn1. The van der Waals surface area contributed by atoms with E-state index in [2.05, 4.69) is 15.3 Å². The van der Waals surface area contributed by atoms with Gasteiger partial charge in [-0.25, -0.2) is 9.78 Å². The number of rotatable bonds is 5. The molecule has 1 N–H and O–H groups in total. The lowest BCUT2D eigenvalue weighted by molar-refractivity contribution is 0.152. The van der Waals surface area contributed by atoms with Crippen LogP contribution in [0.4, 0.5) is 4.79 Å². The lowest BCUT2D eigenvalue weighted by atomic mass is 10.3. The highest BCUT2D eigenvalue weighted by molar-refractivity contribution is 5.66. The molecule has 6 nitrogen and oxygen atoms in total. The number of nitrogens with zero attached hydrogens (tertiary/aromatic N) is 3. The summed E-state index contributed by atoms with van der Waals surface area (Å²) < 4.78 is 6.73. The molecular weight excluding hydrogens is 244 g/mol. The molecule has 0 aliphatic carbocycles. The first-order chi connectivity index (χ1) is 9.31. The quantitative estimate of drug-likeness (QED) is 0.888. The standard InChI is InChI=1S/C13H16N4O2/c1-2-19-13(18)16-8-10-17-9-7-15-12(17)11-5-3-4-6-14-11/h3-7,9H,2,8,10H2,1H3,(H,16,18). The summed E-state index contributed by atoms with van der Waals surface area (Å²) in [5.74, 6) is 0.784. The monoisotopic (exact) mass is 260 g/mol. The third kappa shape index (κ3) is 3.54. The van der Waals surface area contributed by atoms with E-state index in [1.54, 1.807) is 19.3 Å². The molecule has 0 unspecified atom stereocenters. The van der Waals surface area contributed by atoms with Crippen LogP contribution < -0.4 is 5.32 Å². The van der Waals surface area contributed by atoms with Crippen molar-refractivity contribution in [1.82, 2.24) is 19.9 Å². The summed E-state index contributed by atoms with van der Waals surface area (Å²) in [6.07, 6.45) is 4.90. The van der Waals surface area contributed by atoms with E-state index < -0.39 is 6.09 Å². The van der Waals surface area contributed by atoms with Gasteiger partial charge in [0.15, 0.2) is 5.82 Å². The van der Waals surface area contributed by atoms with Crippen molar-refractivity contribution in [3.63, 3.8) is 0 Å². The number of ether oxygens (including phenoxy) is 1. The van der Waals surface area contributed by atoms with Gasteiger partial charge < -0.3 is 14.6 Å². The highest BCUT2D eigenvalue weighted by atomic mass is 16.5. The fourth-order valence-electron chi connectivity index (χ4n) is 1.68. The number of hydrogen-bond donors (Lipinski definition) is 1. The first-order valence-electron chi connectivity index (χ1n) is 6.14. The number of amides is 1. The molecular formula is C13H16N4O2. The maximum absolute atomic E-state index is 11.2. The minimum absolute atomic E-state index is 0.371. The summed E-state index contributed by atoms with van der Waals surface area (Å²) in [6.45, 7) is 3.24. The Morgan fingerprint density at radius 1 is 1.37 bits per heavy atom. The minimum atomic E-state index is -0.401. The lowest BCUT2D eigenvalue weighted by Gasteiger charge is -2.08. The van der Waals surface area contributed by atoms with Crippen molar-refractivity contribution < 1.29 is 9.53 Å². The lowest BCUT2D eigenvalue weighted by Crippen LogP contribution is -2.27.